The highest BCUT2D eigenvalue weighted by Crippen LogP contribution is 2.51. The highest BCUT2D eigenvalue weighted by Gasteiger charge is 2.61. The van der Waals surface area contributed by atoms with Gasteiger partial charge in [0.15, 0.2) is 17.2 Å². The Labute approximate surface area is 206 Å². The topological polar surface area (TPSA) is 133 Å². The predicted molar refractivity (Wildman–Crippen MR) is 120 cm³/mol. The molecule has 0 bridgehead atoms. The molecule has 9 nitrogen and oxygen atoms in total. The number of primary amides is 1. The maximum Gasteiger partial charge on any atom is 0.417 e. The van der Waals surface area contributed by atoms with Gasteiger partial charge in [-0.05, 0) is 31.6 Å². The number of carbonyl (C=O) groups excluding carboxylic acids is 3. The van der Waals surface area contributed by atoms with Crippen molar-refractivity contribution >= 4 is 29.2 Å². The number of hydrogen-bond acceptors (Lipinski definition) is 6. The number of alkyl halides is 3. The molecule has 0 radical (unpaired) electrons. The lowest BCUT2D eigenvalue weighted by atomic mass is 9.85. The molecule has 1 aliphatic heterocycles. The zero-order valence-electron chi connectivity index (χ0n) is 19.4. The molecule has 4 N–H and O–H groups in total. The van der Waals surface area contributed by atoms with Crippen LogP contribution in [0.15, 0.2) is 36.9 Å². The molecule has 14 heteroatoms. The van der Waals surface area contributed by atoms with Gasteiger partial charge in [0, 0.05) is 23.2 Å². The summed E-state index contributed by atoms with van der Waals surface area (Å²) >= 11 is 0. The molecule has 198 valence electrons. The number of rotatable bonds is 7. The van der Waals surface area contributed by atoms with Crippen molar-refractivity contribution in [2.75, 3.05) is 17.7 Å². The fraction of sp³-hybridized carbons (Fsp3) is 0.304. The van der Waals surface area contributed by atoms with Gasteiger partial charge >= 0.3 is 6.18 Å². The van der Waals surface area contributed by atoms with Gasteiger partial charge in [-0.15, -0.1) is 0 Å². The maximum atomic E-state index is 14.4. The molecule has 0 unspecified atom stereocenters. The monoisotopic (exact) mass is 528 g/mol. The third-order valence-corrected chi connectivity index (χ3v) is 5.69. The van der Waals surface area contributed by atoms with Crippen molar-refractivity contribution in [2.45, 2.75) is 37.1 Å². The first-order chi connectivity index (χ1) is 17.2. The lowest BCUT2D eigenvalue weighted by molar-refractivity contribution is -0.261. The van der Waals surface area contributed by atoms with E-state index in [9.17, 15) is 36.3 Å². The minimum Gasteiger partial charge on any atom is -0.493 e. The lowest BCUT2D eigenvalue weighted by Crippen LogP contribution is -2.43. The molecule has 37 heavy (non-hydrogen) atoms. The number of nitrogens with two attached hydrogens (primary N) is 1. The van der Waals surface area contributed by atoms with Gasteiger partial charge in [0.25, 0.3) is 11.8 Å². The molecule has 1 fully saturated rings. The van der Waals surface area contributed by atoms with E-state index in [1.807, 2.05) is 0 Å². The van der Waals surface area contributed by atoms with Gasteiger partial charge in [0.1, 0.15) is 17.6 Å². The molecule has 1 aromatic carbocycles. The highest BCUT2D eigenvalue weighted by atomic mass is 19.4. The van der Waals surface area contributed by atoms with Gasteiger partial charge in [0.05, 0.1) is 7.11 Å². The van der Waals surface area contributed by atoms with Crippen molar-refractivity contribution in [1.82, 2.24) is 4.98 Å². The van der Waals surface area contributed by atoms with Gasteiger partial charge in [0.2, 0.25) is 11.7 Å². The first-order valence-electron chi connectivity index (χ1n) is 10.5. The summed E-state index contributed by atoms with van der Waals surface area (Å²) in [4.78, 5) is 40.3. The van der Waals surface area contributed by atoms with E-state index in [2.05, 4.69) is 22.2 Å². The largest absolute Gasteiger partial charge is 0.493 e. The molecular formula is C23H21F5N4O5. The van der Waals surface area contributed by atoms with Crippen molar-refractivity contribution in [2.24, 2.45) is 5.73 Å². The SMILES string of the molecule is C=CC(=O)Nc1cc(NC(=O)[C@@H]2O[C@@](C)(C(F)(F)F)C[C@H]2c2ccc(F)c(F)c2OC)cc(C(N)=O)n1. The Bertz CT molecular complexity index is 1270. The Hall–Kier alpha value is -4.07. The molecule has 1 saturated heterocycles. The van der Waals surface area contributed by atoms with E-state index >= 15 is 0 Å². The Morgan fingerprint density at radius 3 is 2.49 bits per heavy atom. The Morgan fingerprint density at radius 2 is 1.92 bits per heavy atom. The van der Waals surface area contributed by atoms with E-state index in [-0.39, 0.29) is 22.8 Å². The minimum absolute atomic E-state index is 0.173. The van der Waals surface area contributed by atoms with Crippen LogP contribution in [-0.2, 0) is 14.3 Å². The molecule has 0 spiro atoms. The molecule has 3 rings (SSSR count). The molecule has 0 saturated carbocycles. The quantitative estimate of drug-likeness (QED) is 0.373. The number of aromatic nitrogens is 1. The summed E-state index contributed by atoms with van der Waals surface area (Å²) < 4.78 is 79.7. The van der Waals surface area contributed by atoms with Crippen LogP contribution in [0.2, 0.25) is 0 Å². The first-order valence-corrected chi connectivity index (χ1v) is 10.5. The number of carbonyl (C=O) groups is 3. The van der Waals surface area contributed by atoms with Crippen LogP contribution in [0.25, 0.3) is 0 Å². The first kappa shape index (κ1) is 27.5. The van der Waals surface area contributed by atoms with Crippen LogP contribution >= 0.6 is 0 Å². The van der Waals surface area contributed by atoms with Crippen molar-refractivity contribution in [1.29, 1.82) is 0 Å². The third kappa shape index (κ3) is 5.53. The molecule has 3 amide bonds. The number of halogens is 5. The number of pyridine rings is 1. The van der Waals surface area contributed by atoms with Crippen molar-refractivity contribution in [3.8, 4) is 5.75 Å². The molecule has 1 aliphatic rings. The summed E-state index contributed by atoms with van der Waals surface area (Å²) in [6.45, 7) is 3.99. The van der Waals surface area contributed by atoms with Gasteiger partial charge in [-0.1, -0.05) is 12.6 Å². The zero-order chi connectivity index (χ0) is 27.7. The van der Waals surface area contributed by atoms with Crippen molar-refractivity contribution < 1.29 is 45.8 Å². The fourth-order valence-electron chi connectivity index (χ4n) is 3.86. The molecule has 0 aliphatic carbocycles. The van der Waals surface area contributed by atoms with Crippen LogP contribution in [0.3, 0.4) is 0 Å². The van der Waals surface area contributed by atoms with Crippen LogP contribution in [0.5, 0.6) is 5.75 Å². The average molecular weight is 528 g/mol. The smallest absolute Gasteiger partial charge is 0.417 e. The maximum absolute atomic E-state index is 14.4. The predicted octanol–water partition coefficient (Wildman–Crippen LogP) is 3.42. The Morgan fingerprint density at radius 1 is 1.24 bits per heavy atom. The number of anilines is 2. The van der Waals surface area contributed by atoms with Gasteiger partial charge < -0.3 is 25.8 Å². The number of nitrogens with one attached hydrogen (secondary N) is 2. The number of benzene rings is 1. The standard InChI is InChI=1S/C23H21F5N4O5/c1-4-16(33)32-15-8-10(7-14(31-15)20(29)34)30-21(35)19-12(9-22(2,37-19)23(26,27)28)11-5-6-13(24)17(25)18(11)36-3/h4-8,12,19H,1,9H2,2-3H3,(H2,29,34)(H2,30,31,32,33,35)/t12-,19+,22+/m0/s1. The van der Waals surface area contributed by atoms with Crippen molar-refractivity contribution in [3.63, 3.8) is 0 Å². The number of hydrogen-bond donors (Lipinski definition) is 3. The van der Waals surface area contributed by atoms with Gasteiger partial charge in [-0.3, -0.25) is 14.4 Å². The molecule has 2 heterocycles. The van der Waals surface area contributed by atoms with Crippen LogP contribution in [-0.4, -0.2) is 47.7 Å². The second kappa shape index (κ2) is 10.1. The van der Waals surface area contributed by atoms with Crippen LogP contribution < -0.4 is 21.1 Å². The summed E-state index contributed by atoms with van der Waals surface area (Å²) in [5, 5.41) is 4.56. The minimum atomic E-state index is -4.93. The van der Waals surface area contributed by atoms with Crippen molar-refractivity contribution in [3.05, 3.63) is 59.8 Å². The van der Waals surface area contributed by atoms with Crippen LogP contribution in [0, 0.1) is 11.6 Å². The summed E-state index contributed by atoms with van der Waals surface area (Å²) in [6, 6.07) is 3.84. The van der Waals surface area contributed by atoms with Crippen LogP contribution in [0.4, 0.5) is 33.5 Å². The number of nitrogens with zero attached hydrogens (tertiary/aromatic N) is 1. The third-order valence-electron chi connectivity index (χ3n) is 5.69. The summed E-state index contributed by atoms with van der Waals surface area (Å²) in [6.07, 6.45) is -6.70. The lowest BCUT2D eigenvalue weighted by Gasteiger charge is -2.27. The molecule has 2 aromatic rings. The zero-order valence-corrected chi connectivity index (χ0v) is 19.4. The fourth-order valence-corrected chi connectivity index (χ4v) is 3.86. The average Bonchev–Trinajstić information content (AvgIpc) is 3.19. The molecule has 1 aromatic heterocycles. The number of methoxy groups -OCH3 is 1. The van der Waals surface area contributed by atoms with E-state index in [0.717, 1.165) is 38.3 Å². The van der Waals surface area contributed by atoms with Gasteiger partial charge in [-0.2, -0.15) is 17.6 Å². The summed E-state index contributed by atoms with van der Waals surface area (Å²) in [5.41, 5.74) is 1.63. The van der Waals surface area contributed by atoms with E-state index in [1.54, 1.807) is 0 Å². The van der Waals surface area contributed by atoms with E-state index < -0.39 is 65.3 Å². The van der Waals surface area contributed by atoms with E-state index in [0.29, 0.717) is 6.07 Å². The van der Waals surface area contributed by atoms with Crippen LogP contribution in [0.1, 0.15) is 35.3 Å². The molecular weight excluding hydrogens is 507 g/mol. The number of amides is 3. The number of ether oxygens (including phenoxy) is 2. The normalized spacial score (nSPS) is 21.3. The van der Waals surface area contributed by atoms with E-state index in [1.165, 1.54) is 0 Å². The van der Waals surface area contributed by atoms with Gasteiger partial charge in [-0.25, -0.2) is 9.37 Å². The second-order valence-electron chi connectivity index (χ2n) is 8.23. The molecule has 3 atom stereocenters. The summed E-state index contributed by atoms with van der Waals surface area (Å²) in [5.74, 6) is -7.92. The highest BCUT2D eigenvalue weighted by molar-refractivity contribution is 6.01. The summed E-state index contributed by atoms with van der Waals surface area (Å²) in [7, 11) is 0.997. The van der Waals surface area contributed by atoms with E-state index in [4.69, 9.17) is 15.2 Å². The Balaban J connectivity index is 2.03. The second-order valence-corrected chi connectivity index (χ2v) is 8.23. The Kier molecular flexibility index (Phi) is 7.53.